The first-order valence-corrected chi connectivity index (χ1v) is 15.1. The summed E-state index contributed by atoms with van der Waals surface area (Å²) >= 11 is 0. The van der Waals surface area contributed by atoms with Gasteiger partial charge in [-0.1, -0.05) is 133 Å². The topological polar surface area (TPSA) is 51.6 Å². The van der Waals surface area contributed by atoms with E-state index in [0.29, 0.717) is 17.5 Å². The van der Waals surface area contributed by atoms with Crippen molar-refractivity contribution in [3.05, 3.63) is 181 Å². The summed E-state index contributed by atoms with van der Waals surface area (Å²) < 4.78 is 0. The van der Waals surface area contributed by atoms with Gasteiger partial charge in [-0.3, -0.25) is 4.98 Å². The van der Waals surface area contributed by atoms with Gasteiger partial charge in [-0.2, -0.15) is 0 Å². The van der Waals surface area contributed by atoms with E-state index in [9.17, 15) is 0 Å². The van der Waals surface area contributed by atoms with Gasteiger partial charge in [0.15, 0.2) is 17.5 Å². The Labute approximate surface area is 260 Å². The molecule has 8 aromatic rings. The fourth-order valence-corrected chi connectivity index (χ4v) is 7.11. The van der Waals surface area contributed by atoms with E-state index < -0.39 is 5.41 Å². The summed E-state index contributed by atoms with van der Waals surface area (Å²) in [4.78, 5) is 20.7. The highest BCUT2D eigenvalue weighted by molar-refractivity contribution is 6.13. The van der Waals surface area contributed by atoms with E-state index in [2.05, 4.69) is 132 Å². The molecular weight excluding hydrogens is 548 g/mol. The molecule has 0 saturated carbocycles. The number of hydrogen-bond acceptors (Lipinski definition) is 4. The second-order valence-electron chi connectivity index (χ2n) is 11.4. The first-order chi connectivity index (χ1) is 22.3. The Hall–Kier alpha value is -6.00. The second kappa shape index (κ2) is 10.0. The molecule has 2 aromatic heterocycles. The van der Waals surface area contributed by atoms with Gasteiger partial charge in [0.1, 0.15) is 5.41 Å². The van der Waals surface area contributed by atoms with Crippen LogP contribution in [-0.4, -0.2) is 19.9 Å². The number of aromatic nitrogens is 4. The van der Waals surface area contributed by atoms with Crippen LogP contribution in [0.5, 0.6) is 0 Å². The zero-order valence-electron chi connectivity index (χ0n) is 24.3. The van der Waals surface area contributed by atoms with Crippen molar-refractivity contribution in [2.24, 2.45) is 0 Å². The van der Waals surface area contributed by atoms with Gasteiger partial charge in [0.25, 0.3) is 0 Å². The molecular formula is C41H26N4. The number of nitrogens with zero attached hydrogens (tertiary/aromatic N) is 4. The third kappa shape index (κ3) is 3.79. The first-order valence-electron chi connectivity index (χ1n) is 15.1. The van der Waals surface area contributed by atoms with Gasteiger partial charge < -0.3 is 0 Å². The predicted octanol–water partition coefficient (Wildman–Crippen LogP) is 9.27. The summed E-state index contributed by atoms with van der Waals surface area (Å²) in [6.07, 6.45) is 3.85. The molecule has 0 bridgehead atoms. The van der Waals surface area contributed by atoms with Gasteiger partial charge in [-0.05, 0) is 55.9 Å². The second-order valence-corrected chi connectivity index (χ2v) is 11.4. The molecule has 0 N–H and O–H groups in total. The zero-order chi connectivity index (χ0) is 29.8. The van der Waals surface area contributed by atoms with E-state index in [1.165, 1.54) is 10.8 Å². The van der Waals surface area contributed by atoms with E-state index in [0.717, 1.165) is 49.7 Å². The van der Waals surface area contributed by atoms with Crippen LogP contribution in [0.4, 0.5) is 0 Å². The van der Waals surface area contributed by atoms with Crippen molar-refractivity contribution in [2.45, 2.75) is 5.41 Å². The third-order valence-electron chi connectivity index (χ3n) is 9.06. The largest absolute Gasteiger partial charge is 0.264 e. The highest BCUT2D eigenvalue weighted by atomic mass is 15.1. The van der Waals surface area contributed by atoms with E-state index in [-0.39, 0.29) is 0 Å². The van der Waals surface area contributed by atoms with Crippen molar-refractivity contribution in [1.29, 1.82) is 0 Å². The lowest BCUT2D eigenvalue weighted by atomic mass is 9.72. The van der Waals surface area contributed by atoms with Crippen LogP contribution in [0.15, 0.2) is 158 Å². The van der Waals surface area contributed by atoms with Gasteiger partial charge in [0, 0.05) is 29.1 Å². The summed E-state index contributed by atoms with van der Waals surface area (Å²) in [6.45, 7) is 0. The fourth-order valence-electron chi connectivity index (χ4n) is 7.11. The number of rotatable bonds is 4. The molecule has 0 saturated heterocycles. The van der Waals surface area contributed by atoms with Gasteiger partial charge in [0.05, 0.1) is 0 Å². The molecule has 0 aliphatic heterocycles. The van der Waals surface area contributed by atoms with Crippen LogP contribution < -0.4 is 0 Å². The Morgan fingerprint density at radius 1 is 0.444 bits per heavy atom. The smallest absolute Gasteiger partial charge is 0.164 e. The summed E-state index contributed by atoms with van der Waals surface area (Å²) in [5.41, 5.74) is 6.72. The van der Waals surface area contributed by atoms with Gasteiger partial charge >= 0.3 is 0 Å². The van der Waals surface area contributed by atoms with Crippen LogP contribution in [-0.2, 0) is 5.41 Å². The minimum Gasteiger partial charge on any atom is -0.264 e. The zero-order valence-corrected chi connectivity index (χ0v) is 24.3. The lowest BCUT2D eigenvalue weighted by Gasteiger charge is -2.31. The number of hydrogen-bond donors (Lipinski definition) is 0. The maximum Gasteiger partial charge on any atom is 0.164 e. The highest BCUT2D eigenvalue weighted by Gasteiger charge is 2.49. The Balaban J connectivity index is 1.44. The van der Waals surface area contributed by atoms with Gasteiger partial charge in [-0.25, -0.2) is 15.0 Å². The van der Waals surface area contributed by atoms with Gasteiger partial charge in [0.2, 0.25) is 0 Å². The Bertz CT molecular complexity index is 2340. The predicted molar refractivity (Wildman–Crippen MR) is 181 cm³/mol. The minimum absolute atomic E-state index is 0.637. The Morgan fingerprint density at radius 3 is 1.93 bits per heavy atom. The molecule has 9 rings (SSSR count). The minimum atomic E-state index is -0.796. The normalized spacial score (nSPS) is 15.2. The summed E-state index contributed by atoms with van der Waals surface area (Å²) in [5.74, 6) is 1.96. The molecule has 1 aliphatic carbocycles. The quantitative estimate of drug-likeness (QED) is 0.197. The average molecular weight is 575 g/mol. The lowest BCUT2D eigenvalue weighted by Crippen LogP contribution is -2.32. The first kappa shape index (κ1) is 25.5. The van der Waals surface area contributed by atoms with Crippen molar-refractivity contribution in [3.8, 4) is 33.9 Å². The third-order valence-corrected chi connectivity index (χ3v) is 9.06. The van der Waals surface area contributed by atoms with Crippen LogP contribution in [0.3, 0.4) is 0 Å². The van der Waals surface area contributed by atoms with Crippen molar-refractivity contribution in [2.75, 3.05) is 0 Å². The summed E-state index contributed by atoms with van der Waals surface area (Å²) in [7, 11) is 0. The number of fused-ring (bicyclic) bond motifs is 6. The molecule has 0 spiro atoms. The van der Waals surface area contributed by atoms with Crippen LogP contribution in [0.1, 0.15) is 22.5 Å². The molecule has 4 nitrogen and oxygen atoms in total. The molecule has 1 unspecified atom stereocenters. The van der Waals surface area contributed by atoms with Gasteiger partial charge in [-0.15, -0.1) is 0 Å². The van der Waals surface area contributed by atoms with Crippen molar-refractivity contribution in [3.63, 3.8) is 0 Å². The molecule has 4 heteroatoms. The Morgan fingerprint density at radius 2 is 1.09 bits per heavy atom. The van der Waals surface area contributed by atoms with Crippen molar-refractivity contribution < 1.29 is 0 Å². The fraction of sp³-hybridized carbons (Fsp3) is 0.0244. The Kier molecular flexibility index (Phi) is 5.69. The van der Waals surface area contributed by atoms with Crippen molar-refractivity contribution >= 4 is 21.5 Å². The monoisotopic (exact) mass is 574 g/mol. The van der Waals surface area contributed by atoms with Crippen molar-refractivity contribution in [1.82, 2.24) is 19.9 Å². The SMILES string of the molecule is c1ccc(-c2nc(-c3cc4ccccc4c4ccccc34)nc(C3(c4ccccc4)c4ccccc4-c4ccncc43)n2)cc1. The lowest BCUT2D eigenvalue weighted by molar-refractivity contribution is 0.689. The molecule has 6 aromatic carbocycles. The molecule has 1 atom stereocenters. The molecule has 0 fully saturated rings. The van der Waals surface area contributed by atoms with E-state index >= 15 is 0 Å². The van der Waals surface area contributed by atoms with Crippen LogP contribution >= 0.6 is 0 Å². The molecule has 0 radical (unpaired) electrons. The van der Waals surface area contributed by atoms with Crippen LogP contribution in [0.2, 0.25) is 0 Å². The van der Waals surface area contributed by atoms with Crippen LogP contribution in [0.25, 0.3) is 55.4 Å². The standard InChI is InChI=1S/C41H26N4/c1-3-13-27(14-4-1)38-43-39(35-25-28-15-7-8-18-30(28)31-19-9-10-20-32(31)35)45-40(44-38)41(29-16-5-2-6-17-29)36-22-12-11-21-33(36)34-23-24-42-26-37(34)41/h1-26H. The number of benzene rings is 6. The molecule has 2 heterocycles. The average Bonchev–Trinajstić information content (AvgIpc) is 3.43. The summed E-state index contributed by atoms with van der Waals surface area (Å²) in [5, 5.41) is 4.63. The van der Waals surface area contributed by atoms with E-state index in [1.54, 1.807) is 0 Å². The molecule has 210 valence electrons. The summed E-state index contributed by atoms with van der Waals surface area (Å²) in [6, 6.07) is 50.8. The van der Waals surface area contributed by atoms with E-state index in [1.807, 2.05) is 30.6 Å². The maximum atomic E-state index is 5.46. The highest BCUT2D eigenvalue weighted by Crippen LogP contribution is 2.55. The molecule has 45 heavy (non-hydrogen) atoms. The van der Waals surface area contributed by atoms with Crippen LogP contribution in [0, 0.1) is 0 Å². The number of pyridine rings is 1. The maximum absolute atomic E-state index is 5.46. The molecule has 0 amide bonds. The molecule has 1 aliphatic rings. The van der Waals surface area contributed by atoms with E-state index in [4.69, 9.17) is 15.0 Å².